The molecule has 0 atom stereocenters. The molecule has 0 aliphatic carbocycles. The van der Waals surface area contributed by atoms with Gasteiger partial charge in [-0.3, -0.25) is 4.68 Å². The van der Waals surface area contributed by atoms with Crippen molar-refractivity contribution in [1.82, 2.24) is 9.78 Å². The second kappa shape index (κ2) is 2.70. The lowest BCUT2D eigenvalue weighted by molar-refractivity contribution is 0.268. The van der Waals surface area contributed by atoms with Gasteiger partial charge < -0.3 is 10.8 Å². The first-order chi connectivity index (χ1) is 4.75. The van der Waals surface area contributed by atoms with Crippen LogP contribution < -0.4 is 5.73 Å². The lowest BCUT2D eigenvalue weighted by atomic mass is 10.4. The quantitative estimate of drug-likeness (QED) is 0.597. The van der Waals surface area contributed by atoms with Crippen molar-refractivity contribution < 1.29 is 5.11 Å². The van der Waals surface area contributed by atoms with Crippen LogP contribution in [0, 0.1) is 6.92 Å². The summed E-state index contributed by atoms with van der Waals surface area (Å²) in [6.45, 7) is 2.49. The molecular weight excluding hydrogens is 130 g/mol. The lowest BCUT2D eigenvalue weighted by Gasteiger charge is -1.99. The van der Waals surface area contributed by atoms with Gasteiger partial charge in [-0.05, 0) is 6.92 Å². The number of nitrogens with two attached hydrogens (primary N) is 1. The van der Waals surface area contributed by atoms with Gasteiger partial charge in [0.1, 0.15) is 0 Å². The zero-order chi connectivity index (χ0) is 7.56. The molecule has 0 aromatic carbocycles. The summed E-state index contributed by atoms with van der Waals surface area (Å²) in [5, 5.41) is 12.5. The lowest BCUT2D eigenvalue weighted by Crippen LogP contribution is -2.05. The summed E-state index contributed by atoms with van der Waals surface area (Å²) in [5.41, 5.74) is 7.09. The van der Waals surface area contributed by atoms with Crippen LogP contribution in [0.25, 0.3) is 0 Å². The topological polar surface area (TPSA) is 64.1 Å². The maximum Gasteiger partial charge on any atom is 0.0730 e. The zero-order valence-electron chi connectivity index (χ0n) is 5.91. The van der Waals surface area contributed by atoms with Gasteiger partial charge >= 0.3 is 0 Å². The predicted octanol–water partition coefficient (Wildman–Crippen LogP) is -0.234. The Labute approximate surface area is 59.3 Å². The summed E-state index contributed by atoms with van der Waals surface area (Å²) < 4.78 is 1.68. The Kier molecular flexibility index (Phi) is 1.91. The van der Waals surface area contributed by atoms with Crippen LogP contribution >= 0.6 is 0 Å². The van der Waals surface area contributed by atoms with E-state index < -0.39 is 0 Å². The number of aliphatic hydroxyl groups is 1. The van der Waals surface area contributed by atoms with Gasteiger partial charge in [-0.2, -0.15) is 5.10 Å². The second-order valence-electron chi connectivity index (χ2n) is 2.13. The summed E-state index contributed by atoms with van der Waals surface area (Å²) in [6.07, 6.45) is 1.59. The molecule has 0 bridgehead atoms. The van der Waals surface area contributed by atoms with E-state index in [-0.39, 0.29) is 6.61 Å². The first kappa shape index (κ1) is 7.08. The SMILES string of the molecule is Cc1c(N)cnn1CCO. The largest absolute Gasteiger partial charge is 0.396 e. The Balaban J connectivity index is 2.83. The molecule has 0 saturated heterocycles. The number of aromatic nitrogens is 2. The third-order valence-electron chi connectivity index (χ3n) is 1.45. The number of nitrogens with zero attached hydrogens (tertiary/aromatic N) is 2. The van der Waals surface area contributed by atoms with Gasteiger partial charge in [0.25, 0.3) is 0 Å². The average molecular weight is 141 g/mol. The average Bonchev–Trinajstić information content (AvgIpc) is 2.20. The fourth-order valence-corrected chi connectivity index (χ4v) is 0.781. The maximum atomic E-state index is 8.55. The van der Waals surface area contributed by atoms with E-state index in [1.165, 1.54) is 0 Å². The molecule has 0 spiro atoms. The van der Waals surface area contributed by atoms with Crippen molar-refractivity contribution in [2.45, 2.75) is 13.5 Å². The summed E-state index contributed by atoms with van der Waals surface area (Å²) >= 11 is 0. The molecule has 10 heavy (non-hydrogen) atoms. The minimum atomic E-state index is 0.0992. The molecule has 0 fully saturated rings. The van der Waals surface area contributed by atoms with E-state index in [9.17, 15) is 0 Å². The summed E-state index contributed by atoms with van der Waals surface area (Å²) in [6, 6.07) is 0. The van der Waals surface area contributed by atoms with Crippen LogP contribution in [0.15, 0.2) is 6.20 Å². The van der Waals surface area contributed by atoms with Gasteiger partial charge in [-0.25, -0.2) is 0 Å². The van der Waals surface area contributed by atoms with E-state index in [1.807, 2.05) is 6.92 Å². The van der Waals surface area contributed by atoms with Crippen LogP contribution in [0.2, 0.25) is 0 Å². The molecule has 4 heteroatoms. The first-order valence-electron chi connectivity index (χ1n) is 3.14. The number of rotatable bonds is 2. The van der Waals surface area contributed by atoms with E-state index >= 15 is 0 Å². The molecule has 4 nitrogen and oxygen atoms in total. The fourth-order valence-electron chi connectivity index (χ4n) is 0.781. The van der Waals surface area contributed by atoms with Crippen molar-refractivity contribution in [3.63, 3.8) is 0 Å². The normalized spacial score (nSPS) is 10.2. The van der Waals surface area contributed by atoms with E-state index in [2.05, 4.69) is 5.10 Å². The van der Waals surface area contributed by atoms with Crippen LogP contribution in [0.1, 0.15) is 5.69 Å². The highest BCUT2D eigenvalue weighted by atomic mass is 16.3. The molecule has 56 valence electrons. The maximum absolute atomic E-state index is 8.55. The summed E-state index contributed by atoms with van der Waals surface area (Å²) in [5.74, 6) is 0. The first-order valence-corrected chi connectivity index (χ1v) is 3.14. The zero-order valence-corrected chi connectivity index (χ0v) is 5.91. The van der Waals surface area contributed by atoms with Crippen LogP contribution in [0.4, 0.5) is 5.69 Å². The van der Waals surface area contributed by atoms with Crippen molar-refractivity contribution in [3.05, 3.63) is 11.9 Å². The summed E-state index contributed by atoms with van der Waals surface area (Å²) in [7, 11) is 0. The number of hydrogen-bond donors (Lipinski definition) is 2. The van der Waals surface area contributed by atoms with E-state index in [0.29, 0.717) is 12.2 Å². The van der Waals surface area contributed by atoms with Crippen LogP contribution in [-0.4, -0.2) is 21.5 Å². The predicted molar refractivity (Wildman–Crippen MR) is 38.5 cm³/mol. The van der Waals surface area contributed by atoms with Gasteiger partial charge in [-0.15, -0.1) is 0 Å². The highest BCUT2D eigenvalue weighted by molar-refractivity contribution is 5.39. The van der Waals surface area contributed by atoms with Crippen molar-refractivity contribution >= 4 is 5.69 Å². The Morgan fingerprint density at radius 1 is 1.80 bits per heavy atom. The van der Waals surface area contributed by atoms with Crippen LogP contribution in [0.3, 0.4) is 0 Å². The summed E-state index contributed by atoms with van der Waals surface area (Å²) in [4.78, 5) is 0. The highest BCUT2D eigenvalue weighted by Crippen LogP contribution is 2.06. The molecule has 0 aliphatic rings. The minimum Gasteiger partial charge on any atom is -0.396 e. The second-order valence-corrected chi connectivity index (χ2v) is 2.13. The molecule has 1 aromatic rings. The molecule has 1 rings (SSSR count). The molecule has 0 radical (unpaired) electrons. The van der Waals surface area contributed by atoms with Gasteiger partial charge in [0.05, 0.1) is 30.7 Å². The smallest absolute Gasteiger partial charge is 0.0730 e. The third kappa shape index (κ3) is 1.11. The van der Waals surface area contributed by atoms with Gasteiger partial charge in [-0.1, -0.05) is 0 Å². The van der Waals surface area contributed by atoms with E-state index in [0.717, 1.165) is 5.69 Å². The van der Waals surface area contributed by atoms with Crippen molar-refractivity contribution in [1.29, 1.82) is 0 Å². The molecule has 1 heterocycles. The third-order valence-corrected chi connectivity index (χ3v) is 1.45. The number of nitrogen functional groups attached to an aromatic ring is 1. The monoisotopic (exact) mass is 141 g/mol. The highest BCUT2D eigenvalue weighted by Gasteiger charge is 1.99. The number of anilines is 1. The molecular formula is C6H11N3O. The molecule has 1 aromatic heterocycles. The standard InChI is InChI=1S/C6H11N3O/c1-5-6(7)4-8-9(5)2-3-10/h4,10H,2-3,7H2,1H3. The van der Waals surface area contributed by atoms with Gasteiger partial charge in [0, 0.05) is 0 Å². The van der Waals surface area contributed by atoms with Gasteiger partial charge in [0.15, 0.2) is 0 Å². The molecule has 3 N–H and O–H groups in total. The van der Waals surface area contributed by atoms with E-state index in [1.54, 1.807) is 10.9 Å². The van der Waals surface area contributed by atoms with Crippen LogP contribution in [-0.2, 0) is 6.54 Å². The Bertz CT molecular complexity index is 219. The Morgan fingerprint density at radius 2 is 2.50 bits per heavy atom. The fraction of sp³-hybridized carbons (Fsp3) is 0.500. The molecule has 0 unspecified atom stereocenters. The number of aliphatic hydroxyl groups excluding tert-OH is 1. The molecule has 0 saturated carbocycles. The van der Waals surface area contributed by atoms with Crippen molar-refractivity contribution in [3.8, 4) is 0 Å². The Hall–Kier alpha value is -1.03. The Morgan fingerprint density at radius 3 is 2.90 bits per heavy atom. The van der Waals surface area contributed by atoms with E-state index in [4.69, 9.17) is 10.8 Å². The minimum absolute atomic E-state index is 0.0992. The van der Waals surface area contributed by atoms with Crippen molar-refractivity contribution in [2.24, 2.45) is 0 Å². The van der Waals surface area contributed by atoms with Crippen LogP contribution in [0.5, 0.6) is 0 Å². The van der Waals surface area contributed by atoms with Crippen molar-refractivity contribution in [2.75, 3.05) is 12.3 Å². The number of hydrogen-bond acceptors (Lipinski definition) is 3. The molecule has 0 aliphatic heterocycles. The van der Waals surface area contributed by atoms with Gasteiger partial charge in [0.2, 0.25) is 0 Å². The molecule has 0 amide bonds.